The third kappa shape index (κ3) is 2.82. The van der Waals surface area contributed by atoms with Gasteiger partial charge in [0, 0.05) is 5.56 Å². The van der Waals surface area contributed by atoms with Crippen molar-refractivity contribution < 1.29 is 0 Å². The molecular weight excluding hydrogens is 160 g/mol. The first-order valence-electron chi connectivity index (χ1n) is 4.36. The van der Waals surface area contributed by atoms with E-state index in [1.807, 2.05) is 20.8 Å². The molecule has 0 amide bonds. The maximum absolute atomic E-state index is 3.89. The van der Waals surface area contributed by atoms with Crippen LogP contribution in [0.15, 0.2) is 19.4 Å². The molecule has 0 saturated heterocycles. The SMILES string of the molecule is C=Cc1nncc(C)c1C=C.CC. The summed E-state index contributed by atoms with van der Waals surface area (Å²) < 4.78 is 0. The molecule has 0 atom stereocenters. The number of nitrogens with zero attached hydrogens (tertiary/aromatic N) is 2. The van der Waals surface area contributed by atoms with E-state index in [9.17, 15) is 0 Å². The Morgan fingerprint density at radius 1 is 1.23 bits per heavy atom. The third-order valence-electron chi connectivity index (χ3n) is 1.52. The van der Waals surface area contributed by atoms with E-state index in [1.54, 1.807) is 18.3 Å². The molecule has 1 aromatic rings. The second-order valence-corrected chi connectivity index (χ2v) is 2.23. The fourth-order valence-electron chi connectivity index (χ4n) is 0.919. The van der Waals surface area contributed by atoms with E-state index in [0.717, 1.165) is 16.8 Å². The molecule has 0 saturated carbocycles. The highest BCUT2D eigenvalue weighted by molar-refractivity contribution is 5.62. The maximum Gasteiger partial charge on any atom is 0.0926 e. The summed E-state index contributed by atoms with van der Waals surface area (Å²) in [6, 6.07) is 0. The van der Waals surface area contributed by atoms with Crippen molar-refractivity contribution in [2.75, 3.05) is 0 Å². The van der Waals surface area contributed by atoms with Crippen molar-refractivity contribution in [2.45, 2.75) is 20.8 Å². The van der Waals surface area contributed by atoms with Gasteiger partial charge < -0.3 is 0 Å². The van der Waals surface area contributed by atoms with Crippen molar-refractivity contribution in [1.82, 2.24) is 10.2 Å². The van der Waals surface area contributed by atoms with E-state index in [-0.39, 0.29) is 0 Å². The largest absolute Gasteiger partial charge is 0.158 e. The topological polar surface area (TPSA) is 25.8 Å². The van der Waals surface area contributed by atoms with Gasteiger partial charge in [-0.2, -0.15) is 10.2 Å². The van der Waals surface area contributed by atoms with Crippen LogP contribution in [0.1, 0.15) is 30.7 Å². The Kier molecular flexibility index (Phi) is 5.44. The van der Waals surface area contributed by atoms with Crippen LogP contribution in [0.25, 0.3) is 12.2 Å². The van der Waals surface area contributed by atoms with E-state index >= 15 is 0 Å². The Labute approximate surface area is 80.0 Å². The van der Waals surface area contributed by atoms with Gasteiger partial charge in [-0.15, -0.1) is 0 Å². The van der Waals surface area contributed by atoms with E-state index in [1.165, 1.54) is 0 Å². The lowest BCUT2D eigenvalue weighted by molar-refractivity contribution is 0.996. The molecule has 0 aromatic carbocycles. The quantitative estimate of drug-likeness (QED) is 0.692. The average molecular weight is 176 g/mol. The molecule has 13 heavy (non-hydrogen) atoms. The molecule has 70 valence electrons. The molecule has 0 radical (unpaired) electrons. The van der Waals surface area contributed by atoms with Gasteiger partial charge in [-0.3, -0.25) is 0 Å². The minimum absolute atomic E-state index is 0.792. The molecule has 0 bridgehead atoms. The molecule has 1 heterocycles. The fourth-order valence-corrected chi connectivity index (χ4v) is 0.919. The highest BCUT2D eigenvalue weighted by Crippen LogP contribution is 2.11. The summed E-state index contributed by atoms with van der Waals surface area (Å²) in [6.45, 7) is 13.3. The maximum atomic E-state index is 3.89. The van der Waals surface area contributed by atoms with Crippen LogP contribution in [0.4, 0.5) is 0 Å². The number of hydrogen-bond donors (Lipinski definition) is 0. The molecule has 0 unspecified atom stereocenters. The van der Waals surface area contributed by atoms with Crippen molar-refractivity contribution in [2.24, 2.45) is 0 Å². The van der Waals surface area contributed by atoms with Gasteiger partial charge >= 0.3 is 0 Å². The first-order chi connectivity index (χ1) is 6.29. The van der Waals surface area contributed by atoms with E-state index in [2.05, 4.69) is 23.4 Å². The first-order valence-corrected chi connectivity index (χ1v) is 4.36. The number of aromatic nitrogens is 2. The minimum atomic E-state index is 0.792. The van der Waals surface area contributed by atoms with Crippen LogP contribution < -0.4 is 0 Å². The molecule has 0 fully saturated rings. The first kappa shape index (κ1) is 11.6. The lowest BCUT2D eigenvalue weighted by Gasteiger charge is -2.00. The van der Waals surface area contributed by atoms with E-state index in [4.69, 9.17) is 0 Å². The number of hydrogen-bond acceptors (Lipinski definition) is 2. The molecule has 0 spiro atoms. The van der Waals surface area contributed by atoms with Crippen molar-refractivity contribution in [3.05, 3.63) is 36.2 Å². The Balaban J connectivity index is 0.000000671. The Hall–Kier alpha value is -1.44. The Morgan fingerprint density at radius 3 is 2.23 bits per heavy atom. The fraction of sp³-hybridized carbons (Fsp3) is 0.273. The predicted octanol–water partition coefficient (Wildman–Crippen LogP) is 3.10. The second kappa shape index (κ2) is 6.12. The third-order valence-corrected chi connectivity index (χ3v) is 1.52. The van der Waals surface area contributed by atoms with Gasteiger partial charge in [0.15, 0.2) is 0 Å². The minimum Gasteiger partial charge on any atom is -0.158 e. The van der Waals surface area contributed by atoms with Crippen LogP contribution in [0.5, 0.6) is 0 Å². The molecule has 2 nitrogen and oxygen atoms in total. The summed E-state index contributed by atoms with van der Waals surface area (Å²) in [7, 11) is 0. The van der Waals surface area contributed by atoms with Gasteiger partial charge in [0.05, 0.1) is 11.9 Å². The summed E-state index contributed by atoms with van der Waals surface area (Å²) >= 11 is 0. The van der Waals surface area contributed by atoms with Gasteiger partial charge in [0.2, 0.25) is 0 Å². The Bertz CT molecular complexity index is 290. The van der Waals surface area contributed by atoms with E-state index in [0.29, 0.717) is 0 Å². The summed E-state index contributed by atoms with van der Waals surface area (Å²) in [5.41, 5.74) is 2.87. The van der Waals surface area contributed by atoms with E-state index < -0.39 is 0 Å². The van der Waals surface area contributed by atoms with Gasteiger partial charge in [-0.05, 0) is 18.6 Å². The zero-order valence-electron chi connectivity index (χ0n) is 8.54. The summed E-state index contributed by atoms with van der Waals surface area (Å²) in [5, 5.41) is 7.68. The van der Waals surface area contributed by atoms with Crippen LogP contribution in [0, 0.1) is 6.92 Å². The molecule has 0 aliphatic rings. The van der Waals surface area contributed by atoms with Crippen molar-refractivity contribution in [3.63, 3.8) is 0 Å². The van der Waals surface area contributed by atoms with Crippen molar-refractivity contribution >= 4 is 12.2 Å². The highest BCUT2D eigenvalue weighted by Gasteiger charge is 1.99. The summed E-state index contributed by atoms with van der Waals surface area (Å²) in [4.78, 5) is 0. The molecule has 1 rings (SSSR count). The lowest BCUT2D eigenvalue weighted by Crippen LogP contribution is -1.92. The smallest absolute Gasteiger partial charge is 0.0926 e. The van der Waals surface area contributed by atoms with Crippen LogP contribution >= 0.6 is 0 Å². The van der Waals surface area contributed by atoms with Gasteiger partial charge in [0.1, 0.15) is 0 Å². The normalized spacial score (nSPS) is 8.23. The molecule has 0 aliphatic heterocycles. The highest BCUT2D eigenvalue weighted by atomic mass is 15.1. The number of aryl methyl sites for hydroxylation is 1. The summed E-state index contributed by atoms with van der Waals surface area (Å²) in [6.07, 6.45) is 5.15. The van der Waals surface area contributed by atoms with Gasteiger partial charge in [0.25, 0.3) is 0 Å². The summed E-state index contributed by atoms with van der Waals surface area (Å²) in [5.74, 6) is 0. The predicted molar refractivity (Wildman–Crippen MR) is 58.3 cm³/mol. The molecule has 0 N–H and O–H groups in total. The molecule has 0 aliphatic carbocycles. The zero-order valence-corrected chi connectivity index (χ0v) is 8.54. The molecular formula is C11H16N2. The lowest BCUT2D eigenvalue weighted by atomic mass is 10.1. The van der Waals surface area contributed by atoms with Crippen LogP contribution in [0.3, 0.4) is 0 Å². The van der Waals surface area contributed by atoms with Gasteiger partial charge in [-0.1, -0.05) is 33.1 Å². The second-order valence-electron chi connectivity index (χ2n) is 2.23. The zero-order chi connectivity index (χ0) is 10.3. The van der Waals surface area contributed by atoms with Crippen LogP contribution in [-0.2, 0) is 0 Å². The standard InChI is InChI=1S/C9H10N2.C2H6/c1-4-8-7(3)6-10-11-9(8)5-2;1-2/h4-6H,1-2H2,3H3;1-2H3. The molecule has 2 heteroatoms. The van der Waals surface area contributed by atoms with Crippen molar-refractivity contribution in [3.8, 4) is 0 Å². The van der Waals surface area contributed by atoms with Crippen LogP contribution in [0.2, 0.25) is 0 Å². The monoisotopic (exact) mass is 176 g/mol. The van der Waals surface area contributed by atoms with Crippen molar-refractivity contribution in [1.29, 1.82) is 0 Å². The molecule has 1 aromatic heterocycles. The van der Waals surface area contributed by atoms with Crippen LogP contribution in [-0.4, -0.2) is 10.2 Å². The average Bonchev–Trinajstić information content (AvgIpc) is 2.20. The number of rotatable bonds is 2. The van der Waals surface area contributed by atoms with Gasteiger partial charge in [-0.25, -0.2) is 0 Å². The Morgan fingerprint density at radius 2 is 1.85 bits per heavy atom.